The third-order valence-electron chi connectivity index (χ3n) is 6.55. The molecule has 0 bridgehead atoms. The third-order valence-corrected chi connectivity index (χ3v) is 6.55. The van der Waals surface area contributed by atoms with Gasteiger partial charge in [0.05, 0.1) is 18.8 Å². The van der Waals surface area contributed by atoms with Gasteiger partial charge in [-0.25, -0.2) is 4.79 Å². The van der Waals surface area contributed by atoms with Gasteiger partial charge in [-0.05, 0) is 55.9 Å². The smallest absolute Gasteiger partial charge is 0.332 e. The van der Waals surface area contributed by atoms with Crippen molar-refractivity contribution in [1.29, 1.82) is 0 Å². The van der Waals surface area contributed by atoms with E-state index in [2.05, 4.69) is 0 Å². The van der Waals surface area contributed by atoms with E-state index in [0.717, 1.165) is 31.2 Å². The van der Waals surface area contributed by atoms with Gasteiger partial charge in [-0.1, -0.05) is 36.8 Å². The summed E-state index contributed by atoms with van der Waals surface area (Å²) in [6.45, 7) is 2.55. The number of hydrogen-bond acceptors (Lipinski definition) is 6. The molecule has 0 saturated heterocycles. The molecule has 0 amide bonds. The zero-order chi connectivity index (χ0) is 21.5. The molecule has 2 fully saturated rings. The van der Waals surface area contributed by atoms with Gasteiger partial charge in [0, 0.05) is 18.9 Å². The van der Waals surface area contributed by atoms with Gasteiger partial charge < -0.3 is 19.7 Å². The number of hydrogen-bond donors (Lipinski definition) is 2. The van der Waals surface area contributed by atoms with Crippen LogP contribution in [0, 0.1) is 23.7 Å². The van der Waals surface area contributed by atoms with E-state index < -0.39 is 12.2 Å². The number of carbonyl (C=O) groups excluding carboxylic acids is 2. The van der Waals surface area contributed by atoms with Gasteiger partial charge in [0.25, 0.3) is 0 Å². The highest BCUT2D eigenvalue weighted by molar-refractivity contribution is 5.85. The van der Waals surface area contributed by atoms with Crippen LogP contribution >= 0.6 is 0 Å². The number of carbonyl (C=O) groups is 2. The Hall–Kier alpha value is -1.76. The maximum absolute atomic E-state index is 12.3. The van der Waals surface area contributed by atoms with E-state index in [0.29, 0.717) is 31.8 Å². The number of ketones is 1. The van der Waals surface area contributed by atoms with Gasteiger partial charge in [-0.2, -0.15) is 0 Å². The van der Waals surface area contributed by atoms with Crippen LogP contribution in [0.2, 0.25) is 0 Å². The number of ether oxygens (including phenoxy) is 2. The quantitative estimate of drug-likeness (QED) is 0.378. The molecular formula is C24H34O6. The van der Waals surface area contributed by atoms with Crippen LogP contribution < -0.4 is 0 Å². The van der Waals surface area contributed by atoms with Crippen molar-refractivity contribution in [2.75, 3.05) is 19.8 Å². The number of esters is 1. The predicted octanol–water partition coefficient (Wildman–Crippen LogP) is 2.54. The van der Waals surface area contributed by atoms with Crippen LogP contribution in [0.1, 0.15) is 44.6 Å². The molecule has 2 aliphatic rings. The molecule has 6 atom stereocenters. The van der Waals surface area contributed by atoms with Crippen LogP contribution in [0.3, 0.4) is 0 Å². The molecule has 0 spiro atoms. The molecule has 0 aromatic heterocycles. The highest BCUT2D eigenvalue weighted by Crippen LogP contribution is 2.62. The number of Topliss-reactive ketones (excluding diaryl/α,β-unsaturated/α-hetero) is 1. The maximum Gasteiger partial charge on any atom is 0.332 e. The van der Waals surface area contributed by atoms with E-state index in [4.69, 9.17) is 9.47 Å². The van der Waals surface area contributed by atoms with Crippen LogP contribution in [0.4, 0.5) is 0 Å². The van der Waals surface area contributed by atoms with Crippen molar-refractivity contribution in [1.82, 2.24) is 0 Å². The highest BCUT2D eigenvalue weighted by Gasteiger charge is 2.64. The van der Waals surface area contributed by atoms with Crippen molar-refractivity contribution < 1.29 is 29.3 Å². The van der Waals surface area contributed by atoms with Gasteiger partial charge >= 0.3 is 5.97 Å². The summed E-state index contributed by atoms with van der Waals surface area (Å²) in [5.74, 6) is 0.398. The standard InChI is InChI=1S/C24H34O6/c1-2-30-21(27)15-29-13-7-6-10-17-20(26)14-18-22(17)23(18)24(28)19(25)12-11-16-8-4-3-5-9-16/h3-5,8-9,17-19,22-25,28H,2,6-7,10-15H2,1H3. The van der Waals surface area contributed by atoms with Crippen LogP contribution in [0.25, 0.3) is 0 Å². The van der Waals surface area contributed by atoms with E-state index in [1.165, 1.54) is 0 Å². The lowest BCUT2D eigenvalue weighted by Crippen LogP contribution is -2.32. The molecule has 0 heterocycles. The molecule has 2 N–H and O–H groups in total. The molecule has 0 aliphatic heterocycles. The molecular weight excluding hydrogens is 384 g/mol. The number of benzene rings is 1. The normalized spacial score (nSPS) is 26.8. The van der Waals surface area contributed by atoms with E-state index in [-0.39, 0.29) is 36.2 Å². The van der Waals surface area contributed by atoms with Crippen LogP contribution in [-0.2, 0) is 25.5 Å². The number of fused-ring (bicyclic) bond motifs is 1. The third kappa shape index (κ3) is 5.90. The summed E-state index contributed by atoms with van der Waals surface area (Å²) in [5, 5.41) is 21.1. The van der Waals surface area contributed by atoms with Crippen LogP contribution in [0.15, 0.2) is 30.3 Å². The minimum atomic E-state index is -0.757. The fourth-order valence-corrected chi connectivity index (χ4v) is 5.01. The summed E-state index contributed by atoms with van der Waals surface area (Å²) in [6.07, 6.45) is 2.69. The molecule has 3 rings (SSSR count). The topological polar surface area (TPSA) is 93.1 Å². The Kier molecular flexibility index (Phi) is 8.42. The molecule has 6 heteroatoms. The van der Waals surface area contributed by atoms with Gasteiger partial charge in [-0.3, -0.25) is 4.79 Å². The first-order valence-electron chi connectivity index (χ1n) is 11.2. The molecule has 30 heavy (non-hydrogen) atoms. The second-order valence-corrected chi connectivity index (χ2v) is 8.53. The summed E-state index contributed by atoms with van der Waals surface area (Å²) < 4.78 is 10.1. The largest absolute Gasteiger partial charge is 0.464 e. The maximum atomic E-state index is 12.3. The first kappa shape index (κ1) is 22.9. The lowest BCUT2D eigenvalue weighted by Gasteiger charge is -2.21. The van der Waals surface area contributed by atoms with Crippen molar-refractivity contribution >= 4 is 11.8 Å². The van der Waals surface area contributed by atoms with Gasteiger partial charge in [0.1, 0.15) is 12.4 Å². The van der Waals surface area contributed by atoms with Crippen molar-refractivity contribution in [3.63, 3.8) is 0 Å². The SMILES string of the molecule is CCOC(=O)COCCCCC1C(=O)CC2C1C2C(O)C(O)CCc1ccccc1. The minimum Gasteiger partial charge on any atom is -0.464 e. The Morgan fingerprint density at radius 2 is 1.97 bits per heavy atom. The number of aliphatic hydroxyl groups is 2. The number of unbranched alkanes of at least 4 members (excludes halogenated alkanes) is 1. The lowest BCUT2D eigenvalue weighted by atomic mass is 9.89. The van der Waals surface area contributed by atoms with E-state index in [1.807, 2.05) is 30.3 Å². The van der Waals surface area contributed by atoms with E-state index >= 15 is 0 Å². The second-order valence-electron chi connectivity index (χ2n) is 8.53. The Balaban J connectivity index is 1.36. The fourth-order valence-electron chi connectivity index (χ4n) is 5.01. The van der Waals surface area contributed by atoms with Crippen molar-refractivity contribution in [3.05, 3.63) is 35.9 Å². The average molecular weight is 419 g/mol. The van der Waals surface area contributed by atoms with Crippen molar-refractivity contribution in [2.24, 2.45) is 23.7 Å². The predicted molar refractivity (Wildman–Crippen MR) is 112 cm³/mol. The second kappa shape index (κ2) is 11.0. The summed E-state index contributed by atoms with van der Waals surface area (Å²) in [5.41, 5.74) is 1.15. The van der Waals surface area contributed by atoms with Gasteiger partial charge in [0.2, 0.25) is 0 Å². The summed E-state index contributed by atoms with van der Waals surface area (Å²) in [4.78, 5) is 23.5. The van der Waals surface area contributed by atoms with Gasteiger partial charge in [-0.15, -0.1) is 0 Å². The summed E-state index contributed by atoms with van der Waals surface area (Å²) in [6, 6.07) is 9.96. The first-order chi connectivity index (χ1) is 14.5. The molecule has 6 nitrogen and oxygen atoms in total. The Bertz CT molecular complexity index is 690. The average Bonchev–Trinajstić information content (AvgIpc) is 3.34. The minimum absolute atomic E-state index is 0.0129. The van der Waals surface area contributed by atoms with E-state index in [9.17, 15) is 19.8 Å². The Morgan fingerprint density at radius 1 is 1.20 bits per heavy atom. The van der Waals surface area contributed by atoms with E-state index in [1.54, 1.807) is 6.92 Å². The molecule has 6 unspecified atom stereocenters. The van der Waals surface area contributed by atoms with Crippen LogP contribution in [0.5, 0.6) is 0 Å². The van der Waals surface area contributed by atoms with Crippen molar-refractivity contribution in [3.8, 4) is 0 Å². The number of aryl methyl sites for hydroxylation is 1. The molecule has 2 saturated carbocycles. The highest BCUT2D eigenvalue weighted by atomic mass is 16.6. The Labute approximate surface area is 178 Å². The van der Waals surface area contributed by atoms with Crippen LogP contribution in [-0.4, -0.2) is 54.0 Å². The molecule has 1 aromatic carbocycles. The molecule has 166 valence electrons. The zero-order valence-electron chi connectivity index (χ0n) is 17.7. The first-order valence-corrected chi connectivity index (χ1v) is 11.2. The molecule has 2 aliphatic carbocycles. The fraction of sp³-hybridized carbons (Fsp3) is 0.667. The summed E-state index contributed by atoms with van der Waals surface area (Å²) in [7, 11) is 0. The molecule has 1 aromatic rings. The monoisotopic (exact) mass is 418 g/mol. The van der Waals surface area contributed by atoms with Crippen molar-refractivity contribution in [2.45, 2.75) is 57.7 Å². The van der Waals surface area contributed by atoms with Gasteiger partial charge in [0.15, 0.2) is 0 Å². The summed E-state index contributed by atoms with van der Waals surface area (Å²) >= 11 is 0. The number of rotatable bonds is 13. The molecule has 0 radical (unpaired) electrons. The lowest BCUT2D eigenvalue weighted by molar-refractivity contribution is -0.148. The Morgan fingerprint density at radius 3 is 2.70 bits per heavy atom. The zero-order valence-corrected chi connectivity index (χ0v) is 17.7. The number of aliphatic hydroxyl groups excluding tert-OH is 2.